The van der Waals surface area contributed by atoms with Crippen LogP contribution < -0.4 is 0 Å². The number of rotatable bonds is 2. The zero-order chi connectivity index (χ0) is 10.1. The third-order valence-electron chi connectivity index (χ3n) is 2.00. The lowest BCUT2D eigenvalue weighted by Crippen LogP contribution is -2.01. The van der Waals surface area contributed by atoms with Crippen LogP contribution in [0.1, 0.15) is 12.7 Å². The second-order valence-corrected chi connectivity index (χ2v) is 3.24. The van der Waals surface area contributed by atoms with Crippen molar-refractivity contribution >= 4 is 11.3 Å². The van der Waals surface area contributed by atoms with E-state index in [4.69, 9.17) is 0 Å². The highest BCUT2D eigenvalue weighted by Gasteiger charge is 2.05. The molecule has 2 heterocycles. The average molecular weight is 190 g/mol. The predicted molar refractivity (Wildman–Crippen MR) is 51.2 cm³/mol. The van der Waals surface area contributed by atoms with Gasteiger partial charge in [-0.3, -0.25) is 9.20 Å². The molecule has 0 unspecified atom stereocenters. The van der Waals surface area contributed by atoms with Gasteiger partial charge in [0.05, 0.1) is 24.3 Å². The van der Waals surface area contributed by atoms with Gasteiger partial charge in [-0.15, -0.1) is 0 Å². The van der Waals surface area contributed by atoms with Crippen LogP contribution in [-0.4, -0.2) is 20.3 Å². The summed E-state index contributed by atoms with van der Waals surface area (Å²) in [7, 11) is 0. The second kappa shape index (κ2) is 3.14. The van der Waals surface area contributed by atoms with E-state index in [0.717, 1.165) is 5.52 Å². The molecule has 0 aromatic carbocycles. The molecule has 72 valence electrons. The zero-order valence-corrected chi connectivity index (χ0v) is 7.77. The summed E-state index contributed by atoms with van der Waals surface area (Å²) in [4.78, 5) is 15.0. The van der Waals surface area contributed by atoms with Crippen LogP contribution in [0.5, 0.6) is 5.75 Å². The summed E-state index contributed by atoms with van der Waals surface area (Å²) in [6.07, 6.45) is 3.52. The summed E-state index contributed by atoms with van der Waals surface area (Å²) in [5.74, 6) is 0.879. The normalized spacial score (nSPS) is 10.6. The molecule has 0 aliphatic carbocycles. The topological polar surface area (TPSA) is 54.6 Å². The first kappa shape index (κ1) is 8.74. The van der Waals surface area contributed by atoms with E-state index >= 15 is 0 Å². The summed E-state index contributed by atoms with van der Waals surface area (Å²) >= 11 is 0. The SMILES string of the molecule is CC(=O)Cc1ncc2ccc(O)cn12. The van der Waals surface area contributed by atoms with Crippen LogP contribution in [0.2, 0.25) is 0 Å². The maximum absolute atomic E-state index is 10.9. The molecular formula is C10H10N2O2. The monoisotopic (exact) mass is 190 g/mol. The van der Waals surface area contributed by atoms with Gasteiger partial charge >= 0.3 is 0 Å². The Balaban J connectivity index is 2.55. The first-order valence-corrected chi connectivity index (χ1v) is 4.31. The van der Waals surface area contributed by atoms with Gasteiger partial charge in [0.15, 0.2) is 0 Å². The number of aromatic hydroxyl groups is 1. The Hall–Kier alpha value is -1.84. The molecule has 2 aromatic heterocycles. The third kappa shape index (κ3) is 1.46. The minimum absolute atomic E-state index is 0.0563. The van der Waals surface area contributed by atoms with Crippen LogP contribution in [0.15, 0.2) is 24.5 Å². The van der Waals surface area contributed by atoms with Gasteiger partial charge in [-0.25, -0.2) is 4.98 Å². The lowest BCUT2D eigenvalue weighted by Gasteiger charge is -1.99. The second-order valence-electron chi connectivity index (χ2n) is 3.24. The number of carbonyl (C=O) groups excluding carboxylic acids is 1. The predicted octanol–water partition coefficient (Wildman–Crippen LogP) is 1.17. The van der Waals surface area contributed by atoms with E-state index in [0.29, 0.717) is 5.82 Å². The molecule has 0 amide bonds. The lowest BCUT2D eigenvalue weighted by molar-refractivity contribution is -0.116. The fourth-order valence-electron chi connectivity index (χ4n) is 1.39. The summed E-state index contributed by atoms with van der Waals surface area (Å²) in [6, 6.07) is 3.35. The first-order chi connectivity index (χ1) is 6.66. The van der Waals surface area contributed by atoms with Crippen LogP contribution in [0, 0.1) is 0 Å². The van der Waals surface area contributed by atoms with Gasteiger partial charge in [0.2, 0.25) is 0 Å². The number of carbonyl (C=O) groups is 1. The highest BCUT2D eigenvalue weighted by Crippen LogP contribution is 2.13. The molecule has 4 heteroatoms. The fraction of sp³-hybridized carbons (Fsp3) is 0.200. The quantitative estimate of drug-likeness (QED) is 0.773. The van der Waals surface area contributed by atoms with Gasteiger partial charge in [0.25, 0.3) is 0 Å². The Labute approximate surface area is 80.8 Å². The number of aromatic nitrogens is 2. The molecule has 0 saturated heterocycles. The molecule has 2 rings (SSSR count). The molecular weight excluding hydrogens is 180 g/mol. The number of imidazole rings is 1. The molecule has 2 aromatic rings. The van der Waals surface area contributed by atoms with E-state index in [1.807, 2.05) is 0 Å². The van der Waals surface area contributed by atoms with Gasteiger partial charge in [-0.05, 0) is 19.1 Å². The number of fused-ring (bicyclic) bond motifs is 1. The molecule has 14 heavy (non-hydrogen) atoms. The number of hydrogen-bond donors (Lipinski definition) is 1. The standard InChI is InChI=1S/C10H10N2O2/c1-7(13)4-10-11-5-8-2-3-9(14)6-12(8)10/h2-3,5-6,14H,4H2,1H3. The minimum Gasteiger partial charge on any atom is -0.506 e. The van der Waals surface area contributed by atoms with E-state index < -0.39 is 0 Å². The molecule has 0 bridgehead atoms. The molecule has 0 radical (unpaired) electrons. The van der Waals surface area contributed by atoms with Crippen molar-refractivity contribution in [2.75, 3.05) is 0 Å². The van der Waals surface area contributed by atoms with Crippen molar-refractivity contribution in [3.05, 3.63) is 30.4 Å². The Morgan fingerprint density at radius 1 is 1.57 bits per heavy atom. The highest BCUT2D eigenvalue weighted by molar-refractivity contribution is 5.77. The number of Topliss-reactive ketones (excluding diaryl/α,β-unsaturated/α-hetero) is 1. The van der Waals surface area contributed by atoms with Crippen molar-refractivity contribution in [1.82, 2.24) is 9.38 Å². The lowest BCUT2D eigenvalue weighted by atomic mass is 10.3. The van der Waals surface area contributed by atoms with Gasteiger partial charge in [0, 0.05) is 0 Å². The molecule has 0 atom stereocenters. The van der Waals surface area contributed by atoms with E-state index in [1.54, 1.807) is 28.9 Å². The maximum Gasteiger partial charge on any atom is 0.137 e. The summed E-state index contributed by atoms with van der Waals surface area (Å²) in [6.45, 7) is 1.52. The molecule has 0 spiro atoms. The van der Waals surface area contributed by atoms with Gasteiger partial charge < -0.3 is 5.11 Å². The first-order valence-electron chi connectivity index (χ1n) is 4.31. The fourth-order valence-corrected chi connectivity index (χ4v) is 1.39. The molecule has 0 saturated carbocycles. The zero-order valence-electron chi connectivity index (χ0n) is 7.77. The number of hydrogen-bond acceptors (Lipinski definition) is 3. The van der Waals surface area contributed by atoms with Crippen molar-refractivity contribution in [2.45, 2.75) is 13.3 Å². The minimum atomic E-state index is 0.0563. The summed E-state index contributed by atoms with van der Waals surface area (Å²) in [5, 5.41) is 9.27. The van der Waals surface area contributed by atoms with Crippen molar-refractivity contribution in [1.29, 1.82) is 0 Å². The molecule has 0 aliphatic heterocycles. The van der Waals surface area contributed by atoms with Crippen LogP contribution in [-0.2, 0) is 11.2 Å². The van der Waals surface area contributed by atoms with Gasteiger partial charge in [-0.2, -0.15) is 0 Å². The van der Waals surface area contributed by atoms with E-state index in [2.05, 4.69) is 4.98 Å². The average Bonchev–Trinajstić information content (AvgIpc) is 2.47. The van der Waals surface area contributed by atoms with E-state index in [9.17, 15) is 9.90 Å². The Morgan fingerprint density at radius 2 is 2.36 bits per heavy atom. The third-order valence-corrected chi connectivity index (χ3v) is 2.00. The Morgan fingerprint density at radius 3 is 3.07 bits per heavy atom. The van der Waals surface area contributed by atoms with Gasteiger partial charge in [-0.1, -0.05) is 0 Å². The Kier molecular flexibility index (Phi) is 1.96. The summed E-state index contributed by atoms with van der Waals surface area (Å²) < 4.78 is 1.72. The van der Waals surface area contributed by atoms with Crippen molar-refractivity contribution in [3.63, 3.8) is 0 Å². The highest BCUT2D eigenvalue weighted by atomic mass is 16.3. The van der Waals surface area contributed by atoms with Crippen LogP contribution in [0.3, 0.4) is 0 Å². The molecule has 0 aliphatic rings. The largest absolute Gasteiger partial charge is 0.506 e. The smallest absolute Gasteiger partial charge is 0.137 e. The molecule has 0 fully saturated rings. The van der Waals surface area contributed by atoms with E-state index in [-0.39, 0.29) is 18.0 Å². The van der Waals surface area contributed by atoms with Crippen LogP contribution in [0.25, 0.3) is 5.52 Å². The van der Waals surface area contributed by atoms with E-state index in [1.165, 1.54) is 6.92 Å². The van der Waals surface area contributed by atoms with Crippen LogP contribution in [0.4, 0.5) is 0 Å². The Bertz CT molecular complexity index is 488. The van der Waals surface area contributed by atoms with Gasteiger partial charge in [0.1, 0.15) is 17.4 Å². The van der Waals surface area contributed by atoms with Crippen molar-refractivity contribution in [3.8, 4) is 5.75 Å². The number of pyridine rings is 1. The summed E-state index contributed by atoms with van der Waals surface area (Å²) in [5.41, 5.74) is 0.874. The van der Waals surface area contributed by atoms with Crippen molar-refractivity contribution in [2.24, 2.45) is 0 Å². The maximum atomic E-state index is 10.9. The molecule has 1 N–H and O–H groups in total. The molecule has 4 nitrogen and oxygen atoms in total. The number of ketones is 1. The van der Waals surface area contributed by atoms with Crippen molar-refractivity contribution < 1.29 is 9.90 Å². The number of nitrogens with zero attached hydrogens (tertiary/aromatic N) is 2. The van der Waals surface area contributed by atoms with Crippen LogP contribution >= 0.6 is 0 Å².